The van der Waals surface area contributed by atoms with E-state index < -0.39 is 17.3 Å². The van der Waals surface area contributed by atoms with Gasteiger partial charge in [-0.2, -0.15) is 13.2 Å². The van der Waals surface area contributed by atoms with Crippen molar-refractivity contribution in [2.45, 2.75) is 48.8 Å². The Hall–Kier alpha value is -2.23. The van der Waals surface area contributed by atoms with Crippen molar-refractivity contribution in [3.63, 3.8) is 0 Å². The molecule has 2 aromatic rings. The zero-order chi connectivity index (χ0) is 18.9. The van der Waals surface area contributed by atoms with Crippen molar-refractivity contribution in [1.82, 2.24) is 20.2 Å². The van der Waals surface area contributed by atoms with Gasteiger partial charge in [0.1, 0.15) is 0 Å². The molecule has 3 rings (SSSR count). The van der Waals surface area contributed by atoms with E-state index in [1.54, 1.807) is 6.92 Å². The van der Waals surface area contributed by atoms with Crippen molar-refractivity contribution in [2.75, 3.05) is 5.84 Å². The molecule has 2 atom stereocenters. The maximum absolute atomic E-state index is 12.7. The van der Waals surface area contributed by atoms with Gasteiger partial charge in [-0.25, -0.2) is 4.68 Å². The van der Waals surface area contributed by atoms with Gasteiger partial charge < -0.3 is 11.2 Å². The lowest BCUT2D eigenvalue weighted by Crippen LogP contribution is -2.36. The number of fused-ring (bicyclic) bond motifs is 1. The number of nitrogens with zero attached hydrogens (tertiary/aromatic N) is 3. The summed E-state index contributed by atoms with van der Waals surface area (Å²) in [5, 5.41) is 8.63. The molecule has 26 heavy (non-hydrogen) atoms. The molecule has 10 heteroatoms. The number of carbonyl (C=O) groups excluding carboxylic acids is 1. The number of aromatic nitrogens is 3. The highest BCUT2D eigenvalue weighted by atomic mass is 32.2. The van der Waals surface area contributed by atoms with Crippen molar-refractivity contribution in [2.24, 2.45) is 0 Å². The van der Waals surface area contributed by atoms with E-state index in [1.165, 1.54) is 5.56 Å². The standard InChI is InChI=1S/C16H18F3N5OS/c1-9(26-15-23-22-14(24(15)20)16(17,18)19)13(25)21-12-8-4-6-10-5-2-3-7-11(10)12/h2-3,5,7,9,12H,4,6,8,20H2,1H3,(H,21,25)/t9-,12-/m1/s1. The fraction of sp³-hybridized carbons (Fsp3) is 0.438. The van der Waals surface area contributed by atoms with Gasteiger partial charge >= 0.3 is 6.18 Å². The number of rotatable bonds is 4. The molecule has 0 radical (unpaired) electrons. The van der Waals surface area contributed by atoms with E-state index in [0.29, 0.717) is 4.68 Å². The summed E-state index contributed by atoms with van der Waals surface area (Å²) in [7, 11) is 0. The maximum Gasteiger partial charge on any atom is 0.453 e. The van der Waals surface area contributed by atoms with Crippen molar-refractivity contribution < 1.29 is 18.0 Å². The average Bonchev–Trinajstić information content (AvgIpc) is 2.96. The number of hydrogen-bond donors (Lipinski definition) is 2. The van der Waals surface area contributed by atoms with Crippen LogP contribution in [0.4, 0.5) is 13.2 Å². The van der Waals surface area contributed by atoms with Gasteiger partial charge in [0.15, 0.2) is 0 Å². The quantitative estimate of drug-likeness (QED) is 0.624. The van der Waals surface area contributed by atoms with E-state index >= 15 is 0 Å². The first-order valence-electron chi connectivity index (χ1n) is 8.10. The summed E-state index contributed by atoms with van der Waals surface area (Å²) in [6.45, 7) is 1.59. The van der Waals surface area contributed by atoms with Gasteiger partial charge in [-0.3, -0.25) is 4.79 Å². The molecule has 0 bridgehead atoms. The maximum atomic E-state index is 12.7. The highest BCUT2D eigenvalue weighted by Gasteiger charge is 2.38. The summed E-state index contributed by atoms with van der Waals surface area (Å²) < 4.78 is 38.5. The fourth-order valence-corrected chi connectivity index (χ4v) is 3.73. The number of amides is 1. The minimum absolute atomic E-state index is 0.100. The molecule has 1 aromatic carbocycles. The monoisotopic (exact) mass is 385 g/mol. The van der Waals surface area contributed by atoms with Gasteiger partial charge in [0.2, 0.25) is 11.1 Å². The summed E-state index contributed by atoms with van der Waals surface area (Å²) in [4.78, 5) is 12.5. The SMILES string of the molecule is C[C@@H](Sc1nnc(C(F)(F)F)n1N)C(=O)N[C@@H]1CCCc2ccccc21. The second-order valence-corrected chi connectivity index (χ2v) is 7.39. The number of halogens is 3. The molecule has 1 aliphatic rings. The number of carbonyl (C=O) groups is 1. The van der Waals surface area contributed by atoms with Gasteiger partial charge in [0, 0.05) is 0 Å². The van der Waals surface area contributed by atoms with Crippen LogP contribution in [0.2, 0.25) is 0 Å². The molecule has 3 N–H and O–H groups in total. The van der Waals surface area contributed by atoms with E-state index in [1.807, 2.05) is 24.3 Å². The molecular formula is C16H18F3N5OS. The molecule has 0 saturated heterocycles. The summed E-state index contributed by atoms with van der Waals surface area (Å²) in [6.07, 6.45) is -1.93. The largest absolute Gasteiger partial charge is 0.453 e. The van der Waals surface area contributed by atoms with E-state index in [-0.39, 0.29) is 17.1 Å². The fourth-order valence-electron chi connectivity index (χ4n) is 2.96. The molecule has 0 aliphatic heterocycles. The Morgan fingerprint density at radius 1 is 1.38 bits per heavy atom. The number of nitrogens with one attached hydrogen (secondary N) is 1. The predicted octanol–water partition coefficient (Wildman–Crippen LogP) is 2.69. The van der Waals surface area contributed by atoms with Crippen LogP contribution in [-0.2, 0) is 17.4 Å². The zero-order valence-corrected chi connectivity index (χ0v) is 14.8. The molecule has 6 nitrogen and oxygen atoms in total. The number of nitrogens with two attached hydrogens (primary N) is 1. The van der Waals surface area contributed by atoms with Gasteiger partial charge in [0.05, 0.1) is 11.3 Å². The number of hydrogen-bond acceptors (Lipinski definition) is 5. The molecule has 0 spiro atoms. The van der Waals surface area contributed by atoms with Gasteiger partial charge in [0.25, 0.3) is 5.82 Å². The van der Waals surface area contributed by atoms with E-state index in [0.717, 1.165) is 36.6 Å². The lowest BCUT2D eigenvalue weighted by Gasteiger charge is -2.27. The Labute approximate surface area is 152 Å². The van der Waals surface area contributed by atoms with Crippen LogP contribution in [0.5, 0.6) is 0 Å². The number of aryl methyl sites for hydroxylation is 1. The Kier molecular flexibility index (Phi) is 5.12. The lowest BCUT2D eigenvalue weighted by molar-refractivity contribution is -0.146. The second kappa shape index (κ2) is 7.18. The molecule has 1 amide bonds. The molecule has 1 aliphatic carbocycles. The molecule has 0 saturated carbocycles. The van der Waals surface area contributed by atoms with Crippen molar-refractivity contribution in [3.8, 4) is 0 Å². The number of nitrogen functional groups attached to an aromatic ring is 1. The molecule has 140 valence electrons. The highest BCUT2D eigenvalue weighted by molar-refractivity contribution is 8.00. The number of alkyl halides is 3. The van der Waals surface area contributed by atoms with Crippen LogP contribution in [0.3, 0.4) is 0 Å². The van der Waals surface area contributed by atoms with Crippen LogP contribution in [-0.4, -0.2) is 26.0 Å². The van der Waals surface area contributed by atoms with Crippen molar-refractivity contribution in [1.29, 1.82) is 0 Å². The second-order valence-electron chi connectivity index (χ2n) is 6.09. The highest BCUT2D eigenvalue weighted by Crippen LogP contribution is 2.32. The molecule has 0 unspecified atom stereocenters. The Morgan fingerprint density at radius 2 is 2.12 bits per heavy atom. The molecule has 0 fully saturated rings. The van der Waals surface area contributed by atoms with E-state index in [9.17, 15) is 18.0 Å². The average molecular weight is 385 g/mol. The van der Waals surface area contributed by atoms with Crippen LogP contribution in [0.25, 0.3) is 0 Å². The Balaban J connectivity index is 1.67. The van der Waals surface area contributed by atoms with Crippen molar-refractivity contribution >= 4 is 17.7 Å². The third kappa shape index (κ3) is 3.79. The van der Waals surface area contributed by atoms with Crippen LogP contribution < -0.4 is 11.2 Å². The molecule has 1 aromatic heterocycles. The zero-order valence-electron chi connectivity index (χ0n) is 14.0. The summed E-state index contributed by atoms with van der Waals surface area (Å²) in [5.41, 5.74) is 2.30. The van der Waals surface area contributed by atoms with Crippen LogP contribution in [0, 0.1) is 0 Å². The first-order chi connectivity index (χ1) is 12.3. The smallest absolute Gasteiger partial charge is 0.348 e. The lowest BCUT2D eigenvalue weighted by atomic mass is 9.88. The molecule has 1 heterocycles. The minimum Gasteiger partial charge on any atom is -0.348 e. The van der Waals surface area contributed by atoms with Crippen LogP contribution in [0.15, 0.2) is 29.4 Å². The topological polar surface area (TPSA) is 85.8 Å². The van der Waals surface area contributed by atoms with Gasteiger partial charge in [-0.05, 0) is 37.3 Å². The van der Waals surface area contributed by atoms with E-state index in [2.05, 4.69) is 15.5 Å². The minimum atomic E-state index is -4.70. The van der Waals surface area contributed by atoms with Crippen molar-refractivity contribution in [3.05, 3.63) is 41.2 Å². The van der Waals surface area contributed by atoms with Gasteiger partial charge in [-0.1, -0.05) is 36.0 Å². The first kappa shape index (κ1) is 18.6. The van der Waals surface area contributed by atoms with Gasteiger partial charge in [-0.15, -0.1) is 10.2 Å². The molecular weight excluding hydrogens is 367 g/mol. The predicted molar refractivity (Wildman–Crippen MR) is 90.8 cm³/mol. The van der Waals surface area contributed by atoms with E-state index in [4.69, 9.17) is 5.84 Å². The normalized spacial score (nSPS) is 18.2. The number of thioether (sulfide) groups is 1. The Bertz CT molecular complexity index is 807. The third-order valence-electron chi connectivity index (χ3n) is 4.26. The van der Waals surface area contributed by atoms with Crippen LogP contribution in [0.1, 0.15) is 42.8 Å². The summed E-state index contributed by atoms with van der Waals surface area (Å²) in [6, 6.07) is 7.83. The first-order valence-corrected chi connectivity index (χ1v) is 8.98. The summed E-state index contributed by atoms with van der Waals surface area (Å²) >= 11 is 0.837. The van der Waals surface area contributed by atoms with Crippen LogP contribution >= 0.6 is 11.8 Å². The number of benzene rings is 1. The third-order valence-corrected chi connectivity index (χ3v) is 5.31. The summed E-state index contributed by atoms with van der Waals surface area (Å²) in [5.74, 6) is 3.82. The Morgan fingerprint density at radius 3 is 2.81 bits per heavy atom.